The summed E-state index contributed by atoms with van der Waals surface area (Å²) in [7, 11) is 3.18. The van der Waals surface area contributed by atoms with Gasteiger partial charge in [-0.25, -0.2) is 9.97 Å². The molecule has 0 amide bonds. The Morgan fingerprint density at radius 1 is 0.719 bits per heavy atom. The molecule has 1 aromatic heterocycles. The SMILES string of the molecule is COc1ccc(CSC(=O)c2nc(N)c(C(=O)SCc3ccc(OC)cc3)nc2N)cc1. The fourth-order valence-electron chi connectivity index (χ4n) is 2.64. The minimum atomic E-state index is -0.373. The summed E-state index contributed by atoms with van der Waals surface area (Å²) in [6.45, 7) is 0. The van der Waals surface area contributed by atoms with Gasteiger partial charge in [0.1, 0.15) is 11.5 Å². The minimum absolute atomic E-state index is 0.0577. The summed E-state index contributed by atoms with van der Waals surface area (Å²) >= 11 is 2.05. The lowest BCUT2D eigenvalue weighted by Gasteiger charge is -2.09. The molecule has 0 atom stereocenters. The molecule has 0 fully saturated rings. The highest BCUT2D eigenvalue weighted by molar-refractivity contribution is 8.13. The smallest absolute Gasteiger partial charge is 0.241 e. The molecule has 0 saturated carbocycles. The van der Waals surface area contributed by atoms with Gasteiger partial charge in [0, 0.05) is 11.5 Å². The molecule has 32 heavy (non-hydrogen) atoms. The molecule has 4 N–H and O–H groups in total. The second-order valence-electron chi connectivity index (χ2n) is 6.54. The van der Waals surface area contributed by atoms with Crippen molar-refractivity contribution in [2.24, 2.45) is 0 Å². The van der Waals surface area contributed by atoms with E-state index in [1.165, 1.54) is 0 Å². The van der Waals surface area contributed by atoms with E-state index in [2.05, 4.69) is 9.97 Å². The first-order valence-electron chi connectivity index (χ1n) is 9.44. The summed E-state index contributed by atoms with van der Waals surface area (Å²) in [5.74, 6) is 2.06. The third-order valence-electron chi connectivity index (χ3n) is 4.39. The fraction of sp³-hybridized carbons (Fsp3) is 0.182. The van der Waals surface area contributed by atoms with Gasteiger partial charge in [-0.2, -0.15) is 0 Å². The highest BCUT2D eigenvalue weighted by Crippen LogP contribution is 2.26. The maximum Gasteiger partial charge on any atom is 0.241 e. The number of methoxy groups -OCH3 is 2. The van der Waals surface area contributed by atoms with Crippen LogP contribution in [0.2, 0.25) is 0 Å². The number of rotatable bonds is 8. The van der Waals surface area contributed by atoms with Crippen LogP contribution in [-0.4, -0.2) is 34.4 Å². The molecule has 0 aliphatic carbocycles. The van der Waals surface area contributed by atoms with Crippen LogP contribution in [0.4, 0.5) is 11.6 Å². The van der Waals surface area contributed by atoms with Crippen molar-refractivity contribution in [3.8, 4) is 11.5 Å². The highest BCUT2D eigenvalue weighted by Gasteiger charge is 2.21. The maximum atomic E-state index is 12.6. The van der Waals surface area contributed by atoms with Gasteiger partial charge in [0.05, 0.1) is 14.2 Å². The molecular weight excluding hydrogens is 448 g/mol. The average Bonchev–Trinajstić information content (AvgIpc) is 2.82. The Labute approximate surface area is 194 Å². The number of benzene rings is 2. The van der Waals surface area contributed by atoms with E-state index in [4.69, 9.17) is 20.9 Å². The van der Waals surface area contributed by atoms with Crippen LogP contribution in [-0.2, 0) is 11.5 Å². The first-order valence-corrected chi connectivity index (χ1v) is 11.4. The molecule has 0 spiro atoms. The normalized spacial score (nSPS) is 10.6. The average molecular weight is 471 g/mol. The van der Waals surface area contributed by atoms with Crippen LogP contribution in [0.1, 0.15) is 32.1 Å². The van der Waals surface area contributed by atoms with Gasteiger partial charge in [-0.1, -0.05) is 47.8 Å². The second-order valence-corrected chi connectivity index (χ2v) is 8.44. The van der Waals surface area contributed by atoms with Gasteiger partial charge in [0.15, 0.2) is 23.0 Å². The van der Waals surface area contributed by atoms with Gasteiger partial charge < -0.3 is 20.9 Å². The van der Waals surface area contributed by atoms with Crippen LogP contribution in [0.3, 0.4) is 0 Å². The Hall–Kier alpha value is -3.24. The van der Waals surface area contributed by atoms with Crippen LogP contribution in [0.15, 0.2) is 48.5 Å². The first kappa shape index (κ1) is 23.4. The van der Waals surface area contributed by atoms with Crippen molar-refractivity contribution in [3.63, 3.8) is 0 Å². The Morgan fingerprint density at radius 2 is 1.06 bits per heavy atom. The molecule has 3 rings (SSSR count). The van der Waals surface area contributed by atoms with Gasteiger partial charge >= 0.3 is 0 Å². The summed E-state index contributed by atoms with van der Waals surface area (Å²) < 4.78 is 10.2. The predicted octanol–water partition coefficient (Wildman–Crippen LogP) is 3.81. The van der Waals surface area contributed by atoms with Crippen molar-refractivity contribution in [1.82, 2.24) is 9.97 Å². The molecule has 0 aliphatic rings. The highest BCUT2D eigenvalue weighted by atomic mass is 32.2. The molecule has 10 heteroatoms. The van der Waals surface area contributed by atoms with Crippen molar-refractivity contribution in [2.75, 3.05) is 25.7 Å². The van der Waals surface area contributed by atoms with E-state index < -0.39 is 0 Å². The molecule has 8 nitrogen and oxygen atoms in total. The molecule has 1 heterocycles. The summed E-state index contributed by atoms with van der Waals surface area (Å²) in [5.41, 5.74) is 13.6. The summed E-state index contributed by atoms with van der Waals surface area (Å²) in [6, 6.07) is 14.7. The van der Waals surface area contributed by atoms with Gasteiger partial charge in [0.25, 0.3) is 0 Å². The molecule has 0 saturated heterocycles. The van der Waals surface area contributed by atoms with Crippen molar-refractivity contribution >= 4 is 45.4 Å². The number of anilines is 2. The molecule has 2 aromatic carbocycles. The zero-order valence-corrected chi connectivity index (χ0v) is 19.2. The zero-order chi connectivity index (χ0) is 23.1. The zero-order valence-electron chi connectivity index (χ0n) is 17.5. The maximum absolute atomic E-state index is 12.6. The van der Waals surface area contributed by atoms with Gasteiger partial charge in [-0.15, -0.1) is 0 Å². The summed E-state index contributed by atoms with van der Waals surface area (Å²) in [4.78, 5) is 33.2. The van der Waals surface area contributed by atoms with Crippen LogP contribution < -0.4 is 20.9 Å². The standard InChI is InChI=1S/C22H22N4O4S2/c1-29-15-7-3-13(4-8-15)11-31-21(27)17-19(23)26-18(20(24)25-17)22(28)32-12-14-5-9-16(30-2)10-6-14/h3-10H,11-12H2,1-2H3,(H2,24,25)(H2,23,26). The Bertz CT molecular complexity index is 1020. The predicted molar refractivity (Wildman–Crippen MR) is 128 cm³/mol. The number of hydrogen-bond acceptors (Lipinski definition) is 10. The molecule has 0 radical (unpaired) electrons. The van der Waals surface area contributed by atoms with E-state index in [-0.39, 0.29) is 33.3 Å². The lowest BCUT2D eigenvalue weighted by atomic mass is 10.2. The van der Waals surface area contributed by atoms with E-state index in [9.17, 15) is 9.59 Å². The molecule has 166 valence electrons. The topological polar surface area (TPSA) is 130 Å². The van der Waals surface area contributed by atoms with E-state index in [1.807, 2.05) is 48.5 Å². The molecular formula is C22H22N4O4S2. The van der Waals surface area contributed by atoms with Crippen LogP contribution in [0.5, 0.6) is 11.5 Å². The largest absolute Gasteiger partial charge is 0.497 e. The van der Waals surface area contributed by atoms with E-state index >= 15 is 0 Å². The number of thioether (sulfide) groups is 2. The van der Waals surface area contributed by atoms with Gasteiger partial charge in [0.2, 0.25) is 10.2 Å². The fourth-order valence-corrected chi connectivity index (χ4v) is 4.19. The molecule has 0 aliphatic heterocycles. The Balaban J connectivity index is 1.63. The quantitative estimate of drug-likeness (QED) is 0.501. The van der Waals surface area contributed by atoms with Crippen molar-refractivity contribution in [2.45, 2.75) is 11.5 Å². The van der Waals surface area contributed by atoms with E-state index in [0.717, 1.165) is 46.1 Å². The minimum Gasteiger partial charge on any atom is -0.497 e. The monoisotopic (exact) mass is 470 g/mol. The number of carbonyl (C=O) groups excluding carboxylic acids is 2. The number of nitrogens with two attached hydrogens (primary N) is 2. The number of nitrogen functional groups attached to an aromatic ring is 2. The van der Waals surface area contributed by atoms with E-state index in [1.54, 1.807) is 14.2 Å². The number of carbonyl (C=O) groups is 2. The third-order valence-corrected chi connectivity index (χ3v) is 6.26. The number of hydrogen-bond donors (Lipinski definition) is 2. The lowest BCUT2D eigenvalue weighted by molar-refractivity contribution is 0.107. The second kappa shape index (κ2) is 10.9. The van der Waals surface area contributed by atoms with Gasteiger partial charge in [-0.05, 0) is 35.4 Å². The van der Waals surface area contributed by atoms with Crippen molar-refractivity contribution in [3.05, 3.63) is 71.0 Å². The lowest BCUT2D eigenvalue weighted by Crippen LogP contribution is -2.14. The summed E-state index contributed by atoms with van der Waals surface area (Å²) in [5, 5.41) is -0.746. The molecule has 0 bridgehead atoms. The number of aromatic nitrogens is 2. The Kier molecular flexibility index (Phi) is 7.96. The number of ether oxygens (including phenoxy) is 2. The molecule has 3 aromatic rings. The third kappa shape index (κ3) is 5.92. The van der Waals surface area contributed by atoms with Crippen molar-refractivity contribution in [1.29, 1.82) is 0 Å². The first-order chi connectivity index (χ1) is 15.4. The summed E-state index contributed by atoms with van der Waals surface area (Å²) in [6.07, 6.45) is 0. The van der Waals surface area contributed by atoms with E-state index in [0.29, 0.717) is 11.5 Å². The van der Waals surface area contributed by atoms with Gasteiger partial charge in [-0.3, -0.25) is 9.59 Å². The van der Waals surface area contributed by atoms with Crippen LogP contribution >= 0.6 is 23.5 Å². The van der Waals surface area contributed by atoms with Crippen LogP contribution in [0.25, 0.3) is 0 Å². The number of nitrogens with zero attached hydrogens (tertiary/aromatic N) is 2. The molecule has 0 unspecified atom stereocenters. The van der Waals surface area contributed by atoms with Crippen LogP contribution in [0, 0.1) is 0 Å². The Morgan fingerprint density at radius 3 is 1.38 bits per heavy atom. The van der Waals surface area contributed by atoms with Crippen molar-refractivity contribution < 1.29 is 19.1 Å².